The number of hydrogen-bond donors (Lipinski definition) is 1. The fourth-order valence-electron chi connectivity index (χ4n) is 2.63. The molecule has 3 aromatic carbocycles. The number of benzene rings is 3. The van der Waals surface area contributed by atoms with Crippen molar-refractivity contribution in [3.63, 3.8) is 0 Å². The van der Waals surface area contributed by atoms with Gasteiger partial charge in [-0.25, -0.2) is 0 Å². The lowest BCUT2D eigenvalue weighted by Crippen LogP contribution is -2.29. The van der Waals surface area contributed by atoms with Gasteiger partial charge in [-0.15, -0.1) is 9.35 Å². The second kappa shape index (κ2) is 11.6. The molecule has 0 amide bonds. The van der Waals surface area contributed by atoms with Crippen LogP contribution in [0.1, 0.15) is 22.5 Å². The van der Waals surface area contributed by atoms with Crippen LogP contribution < -0.4 is 4.68 Å². The Balaban J connectivity index is 0.000000254. The standard InChI is InChI=1S/C18H17N4.C7H7NO/c1-16-21(19-14-17-8-4-2-5-9-17)12-13-22(16)20-15-18-10-6-3-7-11-18;9-8-6-7-4-2-1-3-5-7/h2-15H,1H3;1-6,9H/q+1;. The molecular weight excluding hydrogens is 386 g/mol. The summed E-state index contributed by atoms with van der Waals surface area (Å²) in [7, 11) is 0. The first-order valence-electron chi connectivity index (χ1n) is 9.77. The summed E-state index contributed by atoms with van der Waals surface area (Å²) in [6, 6.07) is 29.4. The summed E-state index contributed by atoms with van der Waals surface area (Å²) >= 11 is 0. The van der Waals surface area contributed by atoms with Crippen LogP contribution in [0.4, 0.5) is 0 Å². The Morgan fingerprint density at radius 1 is 0.710 bits per heavy atom. The largest absolute Gasteiger partial charge is 0.411 e. The van der Waals surface area contributed by atoms with E-state index in [2.05, 4.69) is 15.4 Å². The molecule has 0 aliphatic heterocycles. The van der Waals surface area contributed by atoms with Crippen LogP contribution in [0.15, 0.2) is 119 Å². The first-order valence-corrected chi connectivity index (χ1v) is 9.77. The van der Waals surface area contributed by atoms with E-state index in [-0.39, 0.29) is 0 Å². The highest BCUT2D eigenvalue weighted by molar-refractivity contribution is 5.79. The van der Waals surface area contributed by atoms with E-state index < -0.39 is 0 Å². The van der Waals surface area contributed by atoms with E-state index in [0.717, 1.165) is 22.5 Å². The van der Waals surface area contributed by atoms with Gasteiger partial charge >= 0.3 is 5.82 Å². The van der Waals surface area contributed by atoms with Crippen molar-refractivity contribution >= 4 is 18.6 Å². The molecule has 1 heterocycles. The molecule has 0 aliphatic rings. The van der Waals surface area contributed by atoms with Crippen LogP contribution in [0, 0.1) is 6.92 Å². The minimum absolute atomic E-state index is 0.903. The number of aromatic nitrogens is 2. The van der Waals surface area contributed by atoms with Crippen LogP contribution in [-0.4, -0.2) is 28.5 Å². The van der Waals surface area contributed by atoms with E-state index in [1.54, 1.807) is 9.35 Å². The van der Waals surface area contributed by atoms with Crippen molar-refractivity contribution in [2.75, 3.05) is 0 Å². The van der Waals surface area contributed by atoms with Gasteiger partial charge < -0.3 is 5.21 Å². The van der Waals surface area contributed by atoms with E-state index in [1.165, 1.54) is 6.21 Å². The summed E-state index contributed by atoms with van der Waals surface area (Å²) in [6.07, 6.45) is 8.82. The van der Waals surface area contributed by atoms with Crippen LogP contribution in [-0.2, 0) is 0 Å². The third-order valence-electron chi connectivity index (χ3n) is 4.28. The van der Waals surface area contributed by atoms with Gasteiger partial charge in [0, 0.05) is 6.92 Å². The van der Waals surface area contributed by atoms with Crippen molar-refractivity contribution < 1.29 is 9.88 Å². The van der Waals surface area contributed by atoms with E-state index >= 15 is 0 Å². The molecule has 6 heteroatoms. The number of nitrogens with zero attached hydrogens (tertiary/aromatic N) is 5. The predicted octanol–water partition coefficient (Wildman–Crippen LogP) is 4.34. The summed E-state index contributed by atoms with van der Waals surface area (Å²) in [5, 5.41) is 19.9. The lowest BCUT2D eigenvalue weighted by Gasteiger charge is -1.92. The van der Waals surface area contributed by atoms with Crippen LogP contribution in [0.2, 0.25) is 0 Å². The van der Waals surface area contributed by atoms with E-state index in [1.807, 2.05) is 123 Å². The molecule has 0 aliphatic carbocycles. The fraction of sp³-hybridized carbons (Fsp3) is 0.0400. The van der Waals surface area contributed by atoms with Crippen LogP contribution >= 0.6 is 0 Å². The van der Waals surface area contributed by atoms with Crippen molar-refractivity contribution in [2.24, 2.45) is 15.4 Å². The molecule has 31 heavy (non-hydrogen) atoms. The lowest BCUT2D eigenvalue weighted by molar-refractivity contribution is -0.684. The highest BCUT2D eigenvalue weighted by atomic mass is 16.4. The zero-order valence-corrected chi connectivity index (χ0v) is 17.2. The number of hydrogen-bond acceptors (Lipinski definition) is 4. The van der Waals surface area contributed by atoms with Gasteiger partial charge in [0.05, 0.1) is 18.6 Å². The molecule has 154 valence electrons. The van der Waals surface area contributed by atoms with Gasteiger partial charge in [0.1, 0.15) is 0 Å². The Bertz CT molecular complexity index is 1070. The molecule has 0 atom stereocenters. The van der Waals surface area contributed by atoms with Crippen molar-refractivity contribution in [3.05, 3.63) is 126 Å². The van der Waals surface area contributed by atoms with Gasteiger partial charge in [-0.1, -0.05) is 106 Å². The molecule has 0 saturated carbocycles. The van der Waals surface area contributed by atoms with E-state index in [0.29, 0.717) is 0 Å². The van der Waals surface area contributed by atoms with Crippen LogP contribution in [0.3, 0.4) is 0 Å². The highest BCUT2D eigenvalue weighted by Crippen LogP contribution is 1.98. The second-order valence-corrected chi connectivity index (χ2v) is 6.50. The molecule has 1 N–H and O–H groups in total. The minimum Gasteiger partial charge on any atom is -0.411 e. The smallest absolute Gasteiger partial charge is 0.304 e. The summed E-state index contributed by atoms with van der Waals surface area (Å²) in [5.41, 5.74) is 3.03. The monoisotopic (exact) mass is 410 g/mol. The van der Waals surface area contributed by atoms with E-state index in [9.17, 15) is 0 Å². The quantitative estimate of drug-likeness (QED) is 0.226. The lowest BCUT2D eigenvalue weighted by atomic mass is 10.2. The third kappa shape index (κ3) is 6.90. The normalized spacial score (nSPS) is 11.1. The Labute approximate surface area is 181 Å². The fourth-order valence-corrected chi connectivity index (χ4v) is 2.63. The van der Waals surface area contributed by atoms with E-state index in [4.69, 9.17) is 5.21 Å². The summed E-state index contributed by atoms with van der Waals surface area (Å²) in [6.45, 7) is 1.98. The minimum atomic E-state index is 0.903. The SMILES string of the molecule is Cc1n(N=Cc2ccccc2)cc[n+]1N=Cc1ccccc1.ON=Cc1ccccc1. The predicted molar refractivity (Wildman–Crippen MR) is 124 cm³/mol. The molecule has 0 fully saturated rings. The second-order valence-electron chi connectivity index (χ2n) is 6.50. The Morgan fingerprint density at radius 2 is 1.19 bits per heavy atom. The van der Waals surface area contributed by atoms with Gasteiger partial charge in [-0.2, -0.15) is 0 Å². The van der Waals surface area contributed by atoms with Gasteiger partial charge in [0.25, 0.3) is 0 Å². The average molecular weight is 411 g/mol. The van der Waals surface area contributed by atoms with Crippen LogP contribution in [0.25, 0.3) is 0 Å². The molecular formula is C25H24N5O+. The third-order valence-corrected chi connectivity index (χ3v) is 4.28. The summed E-state index contributed by atoms with van der Waals surface area (Å²) in [5.74, 6) is 0.930. The molecule has 4 aromatic rings. The first-order chi connectivity index (χ1) is 15.3. The first kappa shape index (κ1) is 21.4. The Kier molecular flexibility index (Phi) is 8.02. The molecule has 1 aromatic heterocycles. The van der Waals surface area contributed by atoms with Crippen molar-refractivity contribution in [1.29, 1.82) is 0 Å². The number of oxime groups is 1. The zero-order valence-electron chi connectivity index (χ0n) is 17.2. The van der Waals surface area contributed by atoms with Crippen molar-refractivity contribution in [2.45, 2.75) is 6.92 Å². The molecule has 0 unspecified atom stereocenters. The Hall–Kier alpha value is -4.32. The van der Waals surface area contributed by atoms with Crippen molar-refractivity contribution in [1.82, 2.24) is 4.68 Å². The maximum atomic E-state index is 8.09. The van der Waals surface area contributed by atoms with Gasteiger partial charge in [-0.3, -0.25) is 0 Å². The van der Waals surface area contributed by atoms with Gasteiger partial charge in [0.15, 0.2) is 12.4 Å². The topological polar surface area (TPSA) is 66.1 Å². The maximum Gasteiger partial charge on any atom is 0.304 e. The molecule has 0 bridgehead atoms. The summed E-state index contributed by atoms with van der Waals surface area (Å²) < 4.78 is 3.60. The Morgan fingerprint density at radius 3 is 1.71 bits per heavy atom. The molecule has 0 saturated heterocycles. The molecule has 0 spiro atoms. The molecule has 0 radical (unpaired) electrons. The van der Waals surface area contributed by atoms with Crippen molar-refractivity contribution in [3.8, 4) is 0 Å². The molecule has 6 nitrogen and oxygen atoms in total. The average Bonchev–Trinajstić information content (AvgIpc) is 3.18. The maximum absolute atomic E-state index is 8.09. The molecule has 4 rings (SSSR count). The summed E-state index contributed by atoms with van der Waals surface area (Å²) in [4.78, 5) is 0. The number of rotatable bonds is 5. The zero-order chi connectivity index (χ0) is 21.7. The highest BCUT2D eigenvalue weighted by Gasteiger charge is 2.10. The van der Waals surface area contributed by atoms with Gasteiger partial charge in [-0.05, 0) is 16.7 Å². The van der Waals surface area contributed by atoms with Gasteiger partial charge in [0.2, 0.25) is 0 Å². The van der Waals surface area contributed by atoms with Crippen LogP contribution in [0.5, 0.6) is 0 Å². The number of imidazole rings is 1.